The molecule has 4 nitrogen and oxygen atoms in total. The van der Waals surface area contributed by atoms with Crippen LogP contribution in [0.5, 0.6) is 5.75 Å². The van der Waals surface area contributed by atoms with Crippen LogP contribution in [0, 0.1) is 5.82 Å². The van der Waals surface area contributed by atoms with Crippen LogP contribution >= 0.6 is 11.6 Å². The van der Waals surface area contributed by atoms with E-state index < -0.39 is 17.5 Å². The number of hydrogen-bond acceptors (Lipinski definition) is 4. The van der Waals surface area contributed by atoms with Crippen molar-refractivity contribution in [2.24, 2.45) is 0 Å². The van der Waals surface area contributed by atoms with Crippen LogP contribution in [0.4, 0.5) is 4.39 Å². The summed E-state index contributed by atoms with van der Waals surface area (Å²) in [7, 11) is 0. The first-order valence-corrected chi connectivity index (χ1v) is 9.08. The fourth-order valence-electron chi connectivity index (χ4n) is 3.77. The minimum absolute atomic E-state index is 0.0298. The number of aliphatic hydroxyl groups excluding tert-OH is 1. The quantitative estimate of drug-likeness (QED) is 0.869. The van der Waals surface area contributed by atoms with Gasteiger partial charge in [-0.3, -0.25) is 4.90 Å². The Morgan fingerprint density at radius 3 is 2.71 bits per heavy atom. The normalized spacial score (nSPS) is 29.6. The van der Waals surface area contributed by atoms with E-state index in [1.165, 1.54) is 31.4 Å². The van der Waals surface area contributed by atoms with Gasteiger partial charge in [0.15, 0.2) is 0 Å². The van der Waals surface area contributed by atoms with Gasteiger partial charge in [0.25, 0.3) is 0 Å². The summed E-state index contributed by atoms with van der Waals surface area (Å²) < 4.78 is 19.0. The fraction of sp³-hybridized carbons (Fsp3) is 0.667. The number of halogens is 2. The number of ether oxygens (including phenoxy) is 1. The molecule has 0 unspecified atom stereocenters. The molecule has 1 aliphatic carbocycles. The van der Waals surface area contributed by atoms with Crippen molar-refractivity contribution in [3.05, 3.63) is 29.0 Å². The second-order valence-corrected chi connectivity index (χ2v) is 7.44. The maximum absolute atomic E-state index is 13.5. The van der Waals surface area contributed by atoms with Crippen molar-refractivity contribution in [3.63, 3.8) is 0 Å². The smallest absolute Gasteiger partial charge is 0.145 e. The molecule has 2 fully saturated rings. The Kier molecular flexibility index (Phi) is 5.65. The minimum Gasteiger partial charge on any atom is -0.490 e. The van der Waals surface area contributed by atoms with E-state index in [9.17, 15) is 14.6 Å². The van der Waals surface area contributed by atoms with Crippen molar-refractivity contribution in [2.45, 2.75) is 56.3 Å². The van der Waals surface area contributed by atoms with Gasteiger partial charge in [-0.25, -0.2) is 4.39 Å². The molecule has 1 saturated heterocycles. The zero-order valence-electron chi connectivity index (χ0n) is 13.8. The molecule has 3 rings (SSSR count). The van der Waals surface area contributed by atoms with E-state index in [1.807, 2.05) is 0 Å². The van der Waals surface area contributed by atoms with Crippen LogP contribution < -0.4 is 4.74 Å². The molecule has 1 aromatic carbocycles. The summed E-state index contributed by atoms with van der Waals surface area (Å²) in [6, 6.07) is 4.65. The van der Waals surface area contributed by atoms with E-state index in [-0.39, 0.29) is 11.6 Å². The zero-order chi connectivity index (χ0) is 17.2. The van der Waals surface area contributed by atoms with Crippen LogP contribution in [0.25, 0.3) is 0 Å². The van der Waals surface area contributed by atoms with Crippen LogP contribution in [0.1, 0.15) is 38.5 Å². The highest BCUT2D eigenvalue weighted by Gasteiger charge is 2.43. The number of benzene rings is 1. The van der Waals surface area contributed by atoms with Crippen molar-refractivity contribution in [3.8, 4) is 5.75 Å². The van der Waals surface area contributed by atoms with E-state index in [0.29, 0.717) is 24.8 Å². The molecule has 2 atom stereocenters. The van der Waals surface area contributed by atoms with Gasteiger partial charge in [0.05, 0.1) is 11.1 Å². The first-order chi connectivity index (χ1) is 11.5. The molecule has 1 aromatic rings. The van der Waals surface area contributed by atoms with Gasteiger partial charge in [0.1, 0.15) is 23.8 Å². The highest BCUT2D eigenvalue weighted by molar-refractivity contribution is 6.30. The minimum atomic E-state index is -1.34. The van der Waals surface area contributed by atoms with E-state index in [1.54, 1.807) is 6.07 Å². The highest BCUT2D eigenvalue weighted by Crippen LogP contribution is 2.30. The molecular formula is C18H25ClFNO3. The molecule has 1 saturated carbocycles. The molecule has 24 heavy (non-hydrogen) atoms. The van der Waals surface area contributed by atoms with E-state index in [4.69, 9.17) is 16.3 Å². The lowest BCUT2D eigenvalue weighted by Crippen LogP contribution is -2.61. The number of likely N-dealkylation sites (tertiary alicyclic amines) is 1. The monoisotopic (exact) mass is 357 g/mol. The fourth-order valence-corrected chi connectivity index (χ4v) is 3.89. The molecule has 0 amide bonds. The zero-order valence-corrected chi connectivity index (χ0v) is 14.5. The molecule has 6 heteroatoms. The molecule has 2 N–H and O–H groups in total. The van der Waals surface area contributed by atoms with Crippen molar-refractivity contribution in [1.29, 1.82) is 0 Å². The van der Waals surface area contributed by atoms with Gasteiger partial charge in [-0.15, -0.1) is 0 Å². The second-order valence-electron chi connectivity index (χ2n) is 7.03. The summed E-state index contributed by atoms with van der Waals surface area (Å²) in [5.74, 6) is -0.263. The maximum atomic E-state index is 13.5. The third-order valence-electron chi connectivity index (χ3n) is 5.26. The van der Waals surface area contributed by atoms with E-state index in [0.717, 1.165) is 19.4 Å². The SMILES string of the molecule is O[C@H]1CCN(C2CCCCC2)C[C@]1(O)COc1ccc(Cl)c(F)c1. The van der Waals surface area contributed by atoms with Crippen LogP contribution in [-0.4, -0.2) is 52.6 Å². The predicted molar refractivity (Wildman–Crippen MR) is 90.9 cm³/mol. The van der Waals surface area contributed by atoms with Crippen LogP contribution in [-0.2, 0) is 0 Å². The lowest BCUT2D eigenvalue weighted by atomic mass is 9.86. The second kappa shape index (κ2) is 7.56. The van der Waals surface area contributed by atoms with Crippen molar-refractivity contribution in [2.75, 3.05) is 19.7 Å². The molecule has 1 aliphatic heterocycles. The number of hydrogen-bond donors (Lipinski definition) is 2. The standard InChI is InChI=1S/C18H25ClFNO3/c19-15-7-6-14(10-16(15)20)24-12-18(23)11-21(9-8-17(18)22)13-4-2-1-3-5-13/h6-7,10,13,17,22-23H,1-5,8-9,11-12H2/t17-,18-/m0/s1. The lowest BCUT2D eigenvalue weighted by Gasteiger charge is -2.46. The summed E-state index contributed by atoms with van der Waals surface area (Å²) in [4.78, 5) is 2.28. The molecular weight excluding hydrogens is 333 g/mol. The van der Waals surface area contributed by atoms with Crippen molar-refractivity contribution >= 4 is 11.6 Å². The number of aliphatic hydroxyl groups is 2. The van der Waals surface area contributed by atoms with Crippen LogP contribution in [0.15, 0.2) is 18.2 Å². The van der Waals surface area contributed by atoms with E-state index in [2.05, 4.69) is 4.90 Å². The molecule has 0 aromatic heterocycles. The number of rotatable bonds is 4. The Bertz CT molecular complexity index is 567. The highest BCUT2D eigenvalue weighted by atomic mass is 35.5. The summed E-state index contributed by atoms with van der Waals surface area (Å²) in [6.07, 6.45) is 5.71. The van der Waals surface area contributed by atoms with Gasteiger partial charge in [0.2, 0.25) is 0 Å². The Hall–Kier alpha value is -0.880. The van der Waals surface area contributed by atoms with Gasteiger partial charge >= 0.3 is 0 Å². The Balaban J connectivity index is 1.63. The molecule has 0 radical (unpaired) electrons. The topological polar surface area (TPSA) is 52.9 Å². The predicted octanol–water partition coefficient (Wildman–Crippen LogP) is 2.99. The largest absolute Gasteiger partial charge is 0.490 e. The maximum Gasteiger partial charge on any atom is 0.145 e. The Labute approximate surface area is 147 Å². The molecule has 1 heterocycles. The van der Waals surface area contributed by atoms with Crippen molar-refractivity contribution < 1.29 is 19.3 Å². The first kappa shape index (κ1) is 17.9. The number of nitrogens with zero attached hydrogens (tertiary/aromatic N) is 1. The molecule has 2 aliphatic rings. The average molecular weight is 358 g/mol. The van der Waals surface area contributed by atoms with Crippen molar-refractivity contribution in [1.82, 2.24) is 4.90 Å². The Morgan fingerprint density at radius 1 is 1.25 bits per heavy atom. The third kappa shape index (κ3) is 4.02. The molecule has 134 valence electrons. The van der Waals surface area contributed by atoms with Gasteiger partial charge in [-0.1, -0.05) is 30.9 Å². The van der Waals surface area contributed by atoms with Gasteiger partial charge < -0.3 is 14.9 Å². The van der Waals surface area contributed by atoms with Gasteiger partial charge in [0, 0.05) is 25.2 Å². The van der Waals surface area contributed by atoms with Gasteiger partial charge in [-0.2, -0.15) is 0 Å². The average Bonchev–Trinajstić information content (AvgIpc) is 2.59. The molecule has 0 bridgehead atoms. The lowest BCUT2D eigenvalue weighted by molar-refractivity contribution is -0.146. The van der Waals surface area contributed by atoms with E-state index >= 15 is 0 Å². The summed E-state index contributed by atoms with van der Waals surface area (Å²) in [5, 5.41) is 21.2. The van der Waals surface area contributed by atoms with Crippen LogP contribution in [0.2, 0.25) is 5.02 Å². The summed E-state index contributed by atoms with van der Waals surface area (Å²) in [5.41, 5.74) is -1.34. The number of β-amino-alcohol motifs (C(OH)–C–C–N with tert-alkyl or cyclic N) is 1. The third-order valence-corrected chi connectivity index (χ3v) is 5.56. The summed E-state index contributed by atoms with van der Waals surface area (Å²) in [6.45, 7) is 1.11. The molecule has 0 spiro atoms. The first-order valence-electron chi connectivity index (χ1n) is 8.70. The van der Waals surface area contributed by atoms with Crippen LogP contribution in [0.3, 0.4) is 0 Å². The Morgan fingerprint density at radius 2 is 2.00 bits per heavy atom. The van der Waals surface area contributed by atoms with Gasteiger partial charge in [-0.05, 0) is 31.4 Å². The number of piperidine rings is 1. The summed E-state index contributed by atoms with van der Waals surface area (Å²) >= 11 is 5.66.